The van der Waals surface area contributed by atoms with Crippen LogP contribution in [0, 0.1) is 23.6 Å². The van der Waals surface area contributed by atoms with Crippen LogP contribution < -0.4 is 5.32 Å². The molecule has 1 aliphatic carbocycles. The quantitative estimate of drug-likeness (QED) is 0.740. The Kier molecular flexibility index (Phi) is 6.69. The number of hydrogen-bond acceptors (Lipinski definition) is 1. The molecule has 0 spiro atoms. The maximum Gasteiger partial charge on any atom is 0.124 e. The molecule has 1 fully saturated rings. The van der Waals surface area contributed by atoms with Crippen LogP contribution in [0.25, 0.3) is 0 Å². The van der Waals surface area contributed by atoms with Crippen LogP contribution in [0.2, 0.25) is 0 Å². The van der Waals surface area contributed by atoms with Crippen molar-refractivity contribution >= 4 is 15.9 Å². The van der Waals surface area contributed by atoms with Crippen LogP contribution >= 0.6 is 15.9 Å². The average Bonchev–Trinajstić information content (AvgIpc) is 2.41. The van der Waals surface area contributed by atoms with Gasteiger partial charge in [-0.05, 0) is 74.4 Å². The molecule has 1 saturated carbocycles. The minimum Gasteiger partial charge on any atom is -0.319 e. The molecule has 118 valence electrons. The second kappa shape index (κ2) is 8.28. The first kappa shape index (κ1) is 17.0. The summed E-state index contributed by atoms with van der Waals surface area (Å²) in [7, 11) is 2.04. The maximum absolute atomic E-state index is 13.6. The summed E-state index contributed by atoms with van der Waals surface area (Å²) >= 11 is 3.41. The Bertz CT molecular complexity index is 429. The fraction of sp³-hybridized carbons (Fsp3) is 0.667. The zero-order valence-corrected chi connectivity index (χ0v) is 14.8. The Morgan fingerprint density at radius 1 is 1.24 bits per heavy atom. The van der Waals surface area contributed by atoms with Gasteiger partial charge in [-0.25, -0.2) is 4.39 Å². The summed E-state index contributed by atoms with van der Waals surface area (Å²) in [6, 6.07) is 5.31. The van der Waals surface area contributed by atoms with Crippen LogP contribution in [-0.4, -0.2) is 13.6 Å². The molecular formula is C18H27BrFN. The van der Waals surface area contributed by atoms with Gasteiger partial charge in [0.2, 0.25) is 0 Å². The van der Waals surface area contributed by atoms with Gasteiger partial charge in [-0.3, -0.25) is 0 Å². The monoisotopic (exact) mass is 355 g/mol. The molecule has 1 aliphatic rings. The van der Waals surface area contributed by atoms with Gasteiger partial charge in [0.1, 0.15) is 5.82 Å². The van der Waals surface area contributed by atoms with E-state index in [0.717, 1.165) is 34.8 Å². The van der Waals surface area contributed by atoms with Crippen LogP contribution in [-0.2, 0) is 6.42 Å². The van der Waals surface area contributed by atoms with Crippen molar-refractivity contribution in [2.75, 3.05) is 13.6 Å². The highest BCUT2D eigenvalue weighted by molar-refractivity contribution is 9.10. The van der Waals surface area contributed by atoms with E-state index in [2.05, 4.69) is 34.2 Å². The number of nitrogens with one attached hydrogen (secondary N) is 1. The van der Waals surface area contributed by atoms with Crippen LogP contribution in [0.15, 0.2) is 22.7 Å². The van der Waals surface area contributed by atoms with E-state index in [9.17, 15) is 4.39 Å². The molecule has 3 atom stereocenters. The SMILES string of the molecule is CCCC1CCC(CNC)C(Cc2cc(F)cc(Br)c2)C1. The Morgan fingerprint density at radius 3 is 2.71 bits per heavy atom. The number of benzene rings is 1. The normalized spacial score (nSPS) is 26.0. The molecule has 0 amide bonds. The highest BCUT2D eigenvalue weighted by atomic mass is 79.9. The second-order valence-corrected chi connectivity index (χ2v) is 7.44. The van der Waals surface area contributed by atoms with E-state index in [1.807, 2.05) is 7.05 Å². The fourth-order valence-electron chi connectivity index (χ4n) is 3.91. The Hall–Kier alpha value is -0.410. The number of hydrogen-bond donors (Lipinski definition) is 1. The minimum absolute atomic E-state index is 0.134. The second-order valence-electron chi connectivity index (χ2n) is 6.53. The lowest BCUT2D eigenvalue weighted by molar-refractivity contribution is 0.169. The van der Waals surface area contributed by atoms with Crippen molar-refractivity contribution in [3.8, 4) is 0 Å². The predicted molar refractivity (Wildman–Crippen MR) is 91.0 cm³/mol. The third kappa shape index (κ3) is 5.07. The van der Waals surface area contributed by atoms with Crippen LogP contribution in [0.3, 0.4) is 0 Å². The molecule has 2 rings (SSSR count). The highest BCUT2D eigenvalue weighted by Gasteiger charge is 2.29. The largest absolute Gasteiger partial charge is 0.319 e. The first-order chi connectivity index (χ1) is 10.1. The molecule has 0 bridgehead atoms. The molecule has 1 aromatic carbocycles. The van der Waals surface area contributed by atoms with Gasteiger partial charge >= 0.3 is 0 Å². The van der Waals surface area contributed by atoms with Gasteiger partial charge in [0.05, 0.1) is 0 Å². The van der Waals surface area contributed by atoms with E-state index in [-0.39, 0.29) is 5.82 Å². The zero-order chi connectivity index (χ0) is 15.2. The van der Waals surface area contributed by atoms with Gasteiger partial charge < -0.3 is 5.32 Å². The fourth-order valence-corrected chi connectivity index (χ4v) is 4.42. The molecule has 21 heavy (non-hydrogen) atoms. The van der Waals surface area contributed by atoms with E-state index in [1.165, 1.54) is 38.2 Å². The first-order valence-corrected chi connectivity index (χ1v) is 9.01. The van der Waals surface area contributed by atoms with Gasteiger partial charge in [0.25, 0.3) is 0 Å². The third-order valence-electron chi connectivity index (χ3n) is 4.83. The molecule has 1 aromatic rings. The molecule has 1 N–H and O–H groups in total. The van der Waals surface area contributed by atoms with Crippen LogP contribution in [0.5, 0.6) is 0 Å². The summed E-state index contributed by atoms with van der Waals surface area (Å²) in [6.45, 7) is 3.36. The first-order valence-electron chi connectivity index (χ1n) is 8.22. The van der Waals surface area contributed by atoms with Crippen molar-refractivity contribution in [1.82, 2.24) is 5.32 Å². The van der Waals surface area contributed by atoms with Gasteiger partial charge in [0, 0.05) is 4.47 Å². The molecule has 0 aliphatic heterocycles. The number of rotatable bonds is 6. The van der Waals surface area contributed by atoms with Gasteiger partial charge in [0.15, 0.2) is 0 Å². The summed E-state index contributed by atoms with van der Waals surface area (Å²) < 4.78 is 14.4. The maximum atomic E-state index is 13.6. The number of halogens is 2. The summed E-state index contributed by atoms with van der Waals surface area (Å²) in [5, 5.41) is 3.34. The average molecular weight is 356 g/mol. The zero-order valence-electron chi connectivity index (χ0n) is 13.2. The lowest BCUT2D eigenvalue weighted by Crippen LogP contribution is -2.33. The molecule has 0 aromatic heterocycles. The summed E-state index contributed by atoms with van der Waals surface area (Å²) in [4.78, 5) is 0. The molecular weight excluding hydrogens is 329 g/mol. The van der Waals surface area contributed by atoms with Crippen LogP contribution in [0.1, 0.15) is 44.6 Å². The molecule has 3 unspecified atom stereocenters. The molecule has 1 nitrogen and oxygen atoms in total. The topological polar surface area (TPSA) is 12.0 Å². The van der Waals surface area contributed by atoms with Crippen molar-refractivity contribution in [2.24, 2.45) is 17.8 Å². The van der Waals surface area contributed by atoms with E-state index >= 15 is 0 Å². The molecule has 0 saturated heterocycles. The van der Waals surface area contributed by atoms with E-state index < -0.39 is 0 Å². The van der Waals surface area contributed by atoms with Crippen molar-refractivity contribution in [3.63, 3.8) is 0 Å². The van der Waals surface area contributed by atoms with Crippen molar-refractivity contribution < 1.29 is 4.39 Å². The summed E-state index contributed by atoms with van der Waals surface area (Å²) in [6.07, 6.45) is 7.60. The van der Waals surface area contributed by atoms with Crippen LogP contribution in [0.4, 0.5) is 4.39 Å². The minimum atomic E-state index is -0.134. The summed E-state index contributed by atoms with van der Waals surface area (Å²) in [5.74, 6) is 2.14. The predicted octanol–water partition coefficient (Wildman–Crippen LogP) is 5.18. The molecule has 0 radical (unpaired) electrons. The standard InChI is InChI=1S/C18H27BrFN/c1-3-4-13-5-6-15(12-21-2)16(7-13)8-14-9-17(19)11-18(20)10-14/h9-11,13,15-16,21H,3-8,12H2,1-2H3. The van der Waals surface area contributed by atoms with Crippen molar-refractivity contribution in [2.45, 2.75) is 45.4 Å². The lowest BCUT2D eigenvalue weighted by atomic mass is 9.70. The van der Waals surface area contributed by atoms with Crippen molar-refractivity contribution in [1.29, 1.82) is 0 Å². The summed E-state index contributed by atoms with van der Waals surface area (Å²) in [5.41, 5.74) is 1.13. The smallest absolute Gasteiger partial charge is 0.124 e. The third-order valence-corrected chi connectivity index (χ3v) is 5.29. The Morgan fingerprint density at radius 2 is 2.05 bits per heavy atom. The molecule has 0 heterocycles. The van der Waals surface area contributed by atoms with E-state index in [4.69, 9.17) is 0 Å². The van der Waals surface area contributed by atoms with Gasteiger partial charge in [-0.2, -0.15) is 0 Å². The lowest BCUT2D eigenvalue weighted by Gasteiger charge is -2.36. The van der Waals surface area contributed by atoms with Crippen molar-refractivity contribution in [3.05, 3.63) is 34.1 Å². The Labute approximate surface area is 136 Å². The van der Waals surface area contributed by atoms with Gasteiger partial charge in [-0.1, -0.05) is 42.1 Å². The molecule has 3 heteroatoms. The highest BCUT2D eigenvalue weighted by Crippen LogP contribution is 2.38. The Balaban J connectivity index is 2.07. The van der Waals surface area contributed by atoms with Gasteiger partial charge in [-0.15, -0.1) is 0 Å². The van der Waals surface area contributed by atoms with E-state index in [1.54, 1.807) is 6.07 Å². The van der Waals surface area contributed by atoms with E-state index in [0.29, 0.717) is 5.92 Å².